The molecule has 0 aliphatic carbocycles. The van der Waals surface area contributed by atoms with E-state index in [1.54, 1.807) is 17.8 Å². The van der Waals surface area contributed by atoms with E-state index in [9.17, 15) is 9.59 Å². The molecule has 0 radical (unpaired) electrons. The minimum Gasteiger partial charge on any atom is -0.480 e. The number of carbonyl (C=O) groups excluding carboxylic acids is 1. The molecule has 1 atom stereocenters. The number of aromatic nitrogens is 2. The van der Waals surface area contributed by atoms with Crippen molar-refractivity contribution in [1.82, 2.24) is 14.7 Å². The highest BCUT2D eigenvalue weighted by atomic mass is 16.4. The van der Waals surface area contributed by atoms with Crippen molar-refractivity contribution in [3.63, 3.8) is 0 Å². The summed E-state index contributed by atoms with van der Waals surface area (Å²) < 4.78 is 1.61. The minimum absolute atomic E-state index is 0.293. The summed E-state index contributed by atoms with van der Waals surface area (Å²) >= 11 is 0. The van der Waals surface area contributed by atoms with E-state index in [1.807, 2.05) is 6.92 Å². The molecule has 1 N–H and O–H groups in total. The van der Waals surface area contributed by atoms with Crippen molar-refractivity contribution in [3.8, 4) is 0 Å². The third-order valence-corrected chi connectivity index (χ3v) is 3.13. The van der Waals surface area contributed by atoms with Crippen LogP contribution in [0.5, 0.6) is 0 Å². The van der Waals surface area contributed by atoms with Crippen LogP contribution in [0.3, 0.4) is 0 Å². The molecular weight excluding hydrogens is 222 g/mol. The first-order valence-corrected chi connectivity index (χ1v) is 5.55. The number of aryl methyl sites for hydroxylation is 2. The summed E-state index contributed by atoms with van der Waals surface area (Å²) in [5, 5.41) is 13.1. The summed E-state index contributed by atoms with van der Waals surface area (Å²) in [7, 11) is 1.75. The zero-order valence-electron chi connectivity index (χ0n) is 9.88. The van der Waals surface area contributed by atoms with Crippen molar-refractivity contribution in [2.24, 2.45) is 7.05 Å². The topological polar surface area (TPSA) is 75.4 Å². The molecule has 0 bridgehead atoms. The molecular formula is C11H15N3O3. The van der Waals surface area contributed by atoms with E-state index >= 15 is 0 Å². The summed E-state index contributed by atoms with van der Waals surface area (Å²) in [5.74, 6) is -1.23. The van der Waals surface area contributed by atoms with Crippen molar-refractivity contribution in [2.45, 2.75) is 25.8 Å². The molecule has 2 heterocycles. The van der Waals surface area contributed by atoms with Crippen LogP contribution in [-0.2, 0) is 11.8 Å². The van der Waals surface area contributed by atoms with Crippen LogP contribution >= 0.6 is 0 Å². The molecule has 0 saturated carbocycles. The Balaban J connectivity index is 2.22. The number of hydrogen-bond donors (Lipinski definition) is 1. The van der Waals surface area contributed by atoms with Crippen LogP contribution in [0.15, 0.2) is 6.07 Å². The molecule has 0 spiro atoms. The highest BCUT2D eigenvalue weighted by Crippen LogP contribution is 2.20. The molecule has 1 saturated heterocycles. The van der Waals surface area contributed by atoms with Gasteiger partial charge in [-0.25, -0.2) is 4.79 Å². The first kappa shape index (κ1) is 11.6. The zero-order valence-corrected chi connectivity index (χ0v) is 9.88. The molecule has 0 aromatic carbocycles. The Morgan fingerprint density at radius 3 is 2.76 bits per heavy atom. The number of carboxylic acids is 1. The lowest BCUT2D eigenvalue weighted by Crippen LogP contribution is -2.40. The molecule has 1 aliphatic rings. The molecule has 0 unspecified atom stereocenters. The van der Waals surface area contributed by atoms with Crippen LogP contribution in [0.2, 0.25) is 0 Å². The van der Waals surface area contributed by atoms with Gasteiger partial charge in [0.2, 0.25) is 0 Å². The van der Waals surface area contributed by atoms with Crippen LogP contribution in [0.25, 0.3) is 0 Å². The predicted octanol–water partition coefficient (Wildman–Crippen LogP) is 0.418. The number of hydrogen-bond acceptors (Lipinski definition) is 3. The van der Waals surface area contributed by atoms with E-state index in [2.05, 4.69) is 5.10 Å². The Labute approximate surface area is 98.8 Å². The summed E-state index contributed by atoms with van der Waals surface area (Å²) in [6.07, 6.45) is 1.25. The molecule has 1 amide bonds. The lowest BCUT2D eigenvalue weighted by molar-refractivity contribution is -0.141. The van der Waals surface area contributed by atoms with Gasteiger partial charge in [0.1, 0.15) is 6.04 Å². The fraction of sp³-hybridized carbons (Fsp3) is 0.545. The van der Waals surface area contributed by atoms with E-state index in [0.29, 0.717) is 18.7 Å². The van der Waals surface area contributed by atoms with E-state index < -0.39 is 12.0 Å². The highest BCUT2D eigenvalue weighted by Gasteiger charge is 2.35. The van der Waals surface area contributed by atoms with Gasteiger partial charge in [0, 0.05) is 19.3 Å². The van der Waals surface area contributed by atoms with Gasteiger partial charge in [0.25, 0.3) is 5.91 Å². The second-order valence-corrected chi connectivity index (χ2v) is 4.29. The Morgan fingerprint density at radius 2 is 2.24 bits per heavy atom. The van der Waals surface area contributed by atoms with Crippen molar-refractivity contribution < 1.29 is 14.7 Å². The molecule has 1 aromatic heterocycles. The number of carboxylic acid groups (broad SMARTS) is 1. The van der Waals surface area contributed by atoms with Crippen LogP contribution in [0.1, 0.15) is 29.0 Å². The van der Waals surface area contributed by atoms with E-state index in [0.717, 1.165) is 12.1 Å². The number of nitrogens with zero attached hydrogens (tertiary/aromatic N) is 3. The van der Waals surface area contributed by atoms with Gasteiger partial charge in [0.05, 0.1) is 0 Å². The quantitative estimate of drug-likeness (QED) is 0.808. The van der Waals surface area contributed by atoms with Crippen molar-refractivity contribution in [3.05, 3.63) is 17.5 Å². The Kier molecular flexibility index (Phi) is 2.87. The molecule has 6 heteroatoms. The molecule has 1 aliphatic heterocycles. The lowest BCUT2D eigenvalue weighted by Gasteiger charge is -2.19. The van der Waals surface area contributed by atoms with Crippen LogP contribution in [-0.4, -0.2) is 44.3 Å². The zero-order chi connectivity index (χ0) is 12.6. The maximum Gasteiger partial charge on any atom is 0.326 e. The summed E-state index contributed by atoms with van der Waals surface area (Å²) in [5.41, 5.74) is 1.19. The number of likely N-dealkylation sites (tertiary alicyclic amines) is 1. The smallest absolute Gasteiger partial charge is 0.326 e. The second kappa shape index (κ2) is 4.20. The molecule has 92 valence electrons. The fourth-order valence-corrected chi connectivity index (χ4v) is 2.08. The summed E-state index contributed by atoms with van der Waals surface area (Å²) in [4.78, 5) is 24.5. The largest absolute Gasteiger partial charge is 0.480 e. The highest BCUT2D eigenvalue weighted by molar-refractivity contribution is 5.95. The maximum absolute atomic E-state index is 12.1. The molecule has 1 fully saturated rings. The molecule has 2 rings (SSSR count). The minimum atomic E-state index is -0.941. The van der Waals surface area contributed by atoms with Gasteiger partial charge in [-0.3, -0.25) is 9.48 Å². The van der Waals surface area contributed by atoms with Crippen LogP contribution in [0, 0.1) is 6.92 Å². The van der Waals surface area contributed by atoms with E-state index in [-0.39, 0.29) is 5.91 Å². The fourth-order valence-electron chi connectivity index (χ4n) is 2.08. The van der Waals surface area contributed by atoms with Crippen molar-refractivity contribution in [1.29, 1.82) is 0 Å². The van der Waals surface area contributed by atoms with Gasteiger partial charge in [-0.15, -0.1) is 0 Å². The van der Waals surface area contributed by atoms with Crippen LogP contribution < -0.4 is 0 Å². The molecule has 17 heavy (non-hydrogen) atoms. The van der Waals surface area contributed by atoms with Gasteiger partial charge < -0.3 is 10.0 Å². The van der Waals surface area contributed by atoms with Gasteiger partial charge in [-0.05, 0) is 25.8 Å². The van der Waals surface area contributed by atoms with Gasteiger partial charge in [-0.1, -0.05) is 0 Å². The van der Waals surface area contributed by atoms with E-state index in [1.165, 1.54) is 4.90 Å². The third kappa shape index (κ3) is 2.02. The average Bonchev–Trinajstić information content (AvgIpc) is 2.85. The lowest BCUT2D eigenvalue weighted by atomic mass is 10.2. The summed E-state index contributed by atoms with van der Waals surface area (Å²) in [6, 6.07) is 0.976. The standard InChI is InChI=1S/C11H15N3O3/c1-7-6-8(12-13(7)2)10(15)14-5-3-4-9(14)11(16)17/h6,9H,3-5H2,1-2H3,(H,16,17)/t9-/m0/s1. The van der Waals surface area contributed by atoms with Crippen molar-refractivity contribution in [2.75, 3.05) is 6.54 Å². The van der Waals surface area contributed by atoms with Crippen molar-refractivity contribution >= 4 is 11.9 Å². The van der Waals surface area contributed by atoms with Crippen LogP contribution in [0.4, 0.5) is 0 Å². The number of aliphatic carboxylic acids is 1. The second-order valence-electron chi connectivity index (χ2n) is 4.29. The number of rotatable bonds is 2. The maximum atomic E-state index is 12.1. The third-order valence-electron chi connectivity index (χ3n) is 3.13. The van der Waals surface area contributed by atoms with E-state index in [4.69, 9.17) is 5.11 Å². The normalized spacial score (nSPS) is 19.6. The number of amides is 1. The Bertz CT molecular complexity index is 447. The Hall–Kier alpha value is -1.85. The van der Waals surface area contributed by atoms with Gasteiger partial charge in [0.15, 0.2) is 5.69 Å². The molecule has 6 nitrogen and oxygen atoms in total. The predicted molar refractivity (Wildman–Crippen MR) is 59.6 cm³/mol. The first-order valence-electron chi connectivity index (χ1n) is 5.55. The number of carbonyl (C=O) groups is 2. The Morgan fingerprint density at radius 1 is 1.53 bits per heavy atom. The average molecular weight is 237 g/mol. The first-order chi connectivity index (χ1) is 8.00. The molecule has 1 aromatic rings. The van der Waals surface area contributed by atoms with Gasteiger partial charge >= 0.3 is 5.97 Å². The summed E-state index contributed by atoms with van der Waals surface area (Å²) in [6.45, 7) is 2.34. The SMILES string of the molecule is Cc1cc(C(=O)N2CCC[C@H]2C(=O)O)nn1C. The van der Waals surface area contributed by atoms with Gasteiger partial charge in [-0.2, -0.15) is 5.10 Å². The monoisotopic (exact) mass is 237 g/mol.